The van der Waals surface area contributed by atoms with Gasteiger partial charge in [-0.05, 0) is 58.8 Å². The van der Waals surface area contributed by atoms with Crippen molar-refractivity contribution in [2.75, 3.05) is 13.7 Å². The molecule has 0 saturated carbocycles. The fourth-order valence-electron chi connectivity index (χ4n) is 4.11. The maximum atomic E-state index is 11.0. The van der Waals surface area contributed by atoms with Crippen LogP contribution in [0.2, 0.25) is 16.6 Å². The molecule has 0 fully saturated rings. The van der Waals surface area contributed by atoms with Crippen LogP contribution in [0.15, 0.2) is 35.2 Å². The molecule has 0 N–H and O–H groups in total. The predicted octanol–water partition coefficient (Wildman–Crippen LogP) is 5.88. The summed E-state index contributed by atoms with van der Waals surface area (Å²) < 4.78 is 34.0. The van der Waals surface area contributed by atoms with Gasteiger partial charge in [0.2, 0.25) is 0 Å². The second-order valence-electron chi connectivity index (χ2n) is 7.84. The first-order valence-corrected chi connectivity index (χ1v) is 13.0. The number of ether oxygens (including phenoxy) is 1. The zero-order valence-corrected chi connectivity index (χ0v) is 19.6. The van der Waals surface area contributed by atoms with Crippen molar-refractivity contribution in [1.29, 1.82) is 0 Å². The first-order chi connectivity index (χ1) is 12.7. The Morgan fingerprint density at radius 3 is 2.00 bits per heavy atom. The fourth-order valence-corrected chi connectivity index (χ4v) is 9.97. The molecule has 0 saturated heterocycles. The van der Waals surface area contributed by atoms with Crippen molar-refractivity contribution in [2.45, 2.75) is 75.9 Å². The number of rotatable bonds is 11. The van der Waals surface area contributed by atoms with E-state index in [0.717, 1.165) is 30.8 Å². The highest BCUT2D eigenvalue weighted by molar-refractivity contribution is 7.79. The average molecular weight is 412 g/mol. The molecule has 0 spiro atoms. The summed E-state index contributed by atoms with van der Waals surface area (Å²) in [6, 6.07) is 6.71. The quantitative estimate of drug-likeness (QED) is 0.197. The summed E-state index contributed by atoms with van der Waals surface area (Å²) in [5, 5.41) is 0. The van der Waals surface area contributed by atoms with Crippen molar-refractivity contribution in [3.05, 3.63) is 35.9 Å². The van der Waals surface area contributed by atoms with Crippen molar-refractivity contribution >= 4 is 25.2 Å². The molecular formula is C21H35O4SSi-. The smallest absolute Gasteiger partial charge is 0.200 e. The van der Waals surface area contributed by atoms with E-state index in [0.29, 0.717) is 16.6 Å². The van der Waals surface area contributed by atoms with Gasteiger partial charge in [0, 0.05) is 17.1 Å². The number of hydrogen-bond donors (Lipinski definition) is 0. The summed E-state index contributed by atoms with van der Waals surface area (Å²) in [5.74, 6) is 0.762. The van der Waals surface area contributed by atoms with Gasteiger partial charge >= 0.3 is 0 Å². The van der Waals surface area contributed by atoms with E-state index < -0.39 is 19.4 Å². The van der Waals surface area contributed by atoms with Gasteiger partial charge in [0.15, 0.2) is 8.32 Å². The van der Waals surface area contributed by atoms with Crippen LogP contribution >= 0.6 is 0 Å². The van der Waals surface area contributed by atoms with E-state index in [1.807, 2.05) is 0 Å². The lowest BCUT2D eigenvalue weighted by molar-refractivity contribution is 0.273. The highest BCUT2D eigenvalue weighted by atomic mass is 32.2. The van der Waals surface area contributed by atoms with Crippen LogP contribution in [0.1, 0.15) is 59.9 Å². The predicted molar refractivity (Wildman–Crippen MR) is 115 cm³/mol. The third-order valence-corrected chi connectivity index (χ3v) is 12.1. The lowest BCUT2D eigenvalue weighted by atomic mass is 10.1. The summed E-state index contributed by atoms with van der Waals surface area (Å²) in [7, 11) is -0.169. The van der Waals surface area contributed by atoms with Gasteiger partial charge in [0.25, 0.3) is 0 Å². The van der Waals surface area contributed by atoms with E-state index in [1.54, 1.807) is 31.4 Å². The minimum atomic E-state index is -2.20. The molecule has 1 unspecified atom stereocenters. The van der Waals surface area contributed by atoms with Crippen LogP contribution in [0.3, 0.4) is 0 Å². The minimum absolute atomic E-state index is 0.278. The molecule has 0 amide bonds. The van der Waals surface area contributed by atoms with Crippen LogP contribution in [0, 0.1) is 0 Å². The number of allylic oxidation sites excluding steroid dienone is 1. The topological polar surface area (TPSA) is 58.6 Å². The fraction of sp³-hybridized carbons (Fsp3) is 0.619. The largest absolute Gasteiger partial charge is 0.768 e. The van der Waals surface area contributed by atoms with E-state index >= 15 is 0 Å². The molecule has 0 radical (unpaired) electrons. The van der Waals surface area contributed by atoms with E-state index in [-0.39, 0.29) is 4.90 Å². The van der Waals surface area contributed by atoms with Crippen molar-refractivity contribution in [3.8, 4) is 0 Å². The van der Waals surface area contributed by atoms with E-state index in [2.05, 4.69) is 47.6 Å². The van der Waals surface area contributed by atoms with Gasteiger partial charge in [-0.2, -0.15) is 0 Å². The Kier molecular flexibility index (Phi) is 9.94. The number of benzene rings is 1. The van der Waals surface area contributed by atoms with E-state index in [1.165, 1.54) is 0 Å². The lowest BCUT2D eigenvalue weighted by Crippen LogP contribution is -2.47. The Labute approximate surface area is 168 Å². The molecule has 1 rings (SSSR count). The lowest BCUT2D eigenvalue weighted by Gasteiger charge is -2.42. The Balaban J connectivity index is 2.69. The van der Waals surface area contributed by atoms with Crippen LogP contribution in [0.25, 0.3) is 5.76 Å². The monoisotopic (exact) mass is 411 g/mol. The van der Waals surface area contributed by atoms with Gasteiger partial charge in [-0.3, -0.25) is 4.21 Å². The van der Waals surface area contributed by atoms with Gasteiger partial charge in [-0.1, -0.05) is 53.7 Å². The molecular weight excluding hydrogens is 376 g/mol. The van der Waals surface area contributed by atoms with Crippen molar-refractivity contribution < 1.29 is 17.9 Å². The Morgan fingerprint density at radius 2 is 1.59 bits per heavy atom. The summed E-state index contributed by atoms with van der Waals surface area (Å²) in [4.78, 5) is 0.278. The summed E-state index contributed by atoms with van der Waals surface area (Å²) in [6.45, 7) is 14.6. The normalized spacial score (nSPS) is 14.3. The molecule has 1 aromatic carbocycles. The molecule has 0 aliphatic carbocycles. The molecule has 1 atom stereocenters. The Hall–Kier alpha value is -0.953. The molecule has 0 aromatic heterocycles. The second-order valence-corrected chi connectivity index (χ2v) is 14.2. The van der Waals surface area contributed by atoms with Crippen LogP contribution < -0.4 is 0 Å². The first kappa shape index (κ1) is 24.1. The molecule has 0 heterocycles. The third kappa shape index (κ3) is 6.27. The van der Waals surface area contributed by atoms with Crippen molar-refractivity contribution in [1.82, 2.24) is 0 Å². The number of hydrogen-bond acceptors (Lipinski definition) is 4. The van der Waals surface area contributed by atoms with Crippen LogP contribution in [-0.2, 0) is 20.2 Å². The van der Waals surface area contributed by atoms with Gasteiger partial charge in [-0.25, -0.2) is 0 Å². The molecule has 154 valence electrons. The molecule has 0 bridgehead atoms. The standard InChI is InChI=1S/C21H36O4SSi/c1-16(2)27(17(3)4,18(5)6)25-15-9-8-10-21(24-7)19-11-13-20(14-12-19)26(22)23/h10-14,16-18H,8-9,15H2,1-7H3,(H,22,23)/p-1/b21-10+. The minimum Gasteiger partial charge on any atom is -0.768 e. The molecule has 6 heteroatoms. The molecule has 1 aromatic rings. The zero-order chi connectivity index (χ0) is 20.6. The maximum absolute atomic E-state index is 11.0. The van der Waals surface area contributed by atoms with Gasteiger partial charge in [0.1, 0.15) is 5.76 Å². The average Bonchev–Trinajstić information content (AvgIpc) is 2.60. The van der Waals surface area contributed by atoms with Crippen molar-refractivity contribution in [3.63, 3.8) is 0 Å². The molecule has 4 nitrogen and oxygen atoms in total. The van der Waals surface area contributed by atoms with E-state index in [4.69, 9.17) is 9.16 Å². The van der Waals surface area contributed by atoms with Gasteiger partial charge in [-0.15, -0.1) is 0 Å². The summed E-state index contributed by atoms with van der Waals surface area (Å²) in [6.07, 6.45) is 3.85. The highest BCUT2D eigenvalue weighted by Gasteiger charge is 2.44. The van der Waals surface area contributed by atoms with Crippen LogP contribution in [-0.4, -0.2) is 30.8 Å². The van der Waals surface area contributed by atoms with Gasteiger partial charge < -0.3 is 13.7 Å². The maximum Gasteiger partial charge on any atom is 0.200 e. The number of methoxy groups -OCH3 is 1. The summed E-state index contributed by atoms with van der Waals surface area (Å²) in [5.41, 5.74) is 2.65. The Morgan fingerprint density at radius 1 is 1.07 bits per heavy atom. The van der Waals surface area contributed by atoms with Crippen LogP contribution in [0.5, 0.6) is 0 Å². The molecule has 0 aliphatic rings. The highest BCUT2D eigenvalue weighted by Crippen LogP contribution is 2.42. The summed E-state index contributed by atoms with van der Waals surface area (Å²) >= 11 is -2.20. The molecule has 27 heavy (non-hydrogen) atoms. The second kappa shape index (κ2) is 11.1. The Bertz CT molecular complexity index is 602. The zero-order valence-electron chi connectivity index (χ0n) is 17.8. The van der Waals surface area contributed by atoms with Crippen molar-refractivity contribution in [2.24, 2.45) is 0 Å². The number of unbranched alkanes of at least 4 members (excludes halogenated alkanes) is 1. The van der Waals surface area contributed by atoms with Crippen LogP contribution in [0.4, 0.5) is 0 Å². The SMILES string of the molecule is CO/C(=C/CCCO[Si](C(C)C)(C(C)C)C(C)C)c1ccc(S(=O)[O-])cc1. The molecule has 0 aliphatic heterocycles. The first-order valence-electron chi connectivity index (χ1n) is 9.74. The third-order valence-electron chi connectivity index (χ3n) is 5.29. The van der Waals surface area contributed by atoms with Gasteiger partial charge in [0.05, 0.1) is 7.11 Å². The van der Waals surface area contributed by atoms with E-state index in [9.17, 15) is 8.76 Å².